The van der Waals surface area contributed by atoms with Crippen LogP contribution in [0.5, 0.6) is 0 Å². The highest BCUT2D eigenvalue weighted by atomic mass is 32.2. The number of hydrogen-bond acceptors (Lipinski definition) is 3. The summed E-state index contributed by atoms with van der Waals surface area (Å²) in [5.74, 6) is 0.394. The quantitative estimate of drug-likeness (QED) is 0.792. The summed E-state index contributed by atoms with van der Waals surface area (Å²) in [6.45, 7) is 5.53. The Hall–Kier alpha value is -2.34. The molecule has 1 amide bonds. The summed E-state index contributed by atoms with van der Waals surface area (Å²) < 4.78 is 28.3. The van der Waals surface area contributed by atoms with E-state index in [2.05, 4.69) is 6.92 Å². The standard InChI is InChI=1S/C22H26N2O3S/c1-16-7-6-12-23(15-16)22(25)19-9-5-10-20(14-19)28(26,27)24-17(2)13-18-8-3-4-11-21(18)24/h3-5,8-11,14,16-17H,6-7,12-13,15H2,1-2H3. The van der Waals surface area contributed by atoms with Gasteiger partial charge in [-0.2, -0.15) is 0 Å². The van der Waals surface area contributed by atoms with Gasteiger partial charge in [0.15, 0.2) is 0 Å². The SMILES string of the molecule is CC1CCCN(C(=O)c2cccc(S(=O)(=O)N3c4ccccc4CC3C)c2)C1. The number of para-hydroxylation sites is 1. The largest absolute Gasteiger partial charge is 0.338 e. The molecule has 28 heavy (non-hydrogen) atoms. The van der Waals surface area contributed by atoms with E-state index in [0.717, 1.165) is 37.2 Å². The highest BCUT2D eigenvalue weighted by Gasteiger charge is 2.36. The Morgan fingerprint density at radius 2 is 1.86 bits per heavy atom. The van der Waals surface area contributed by atoms with Gasteiger partial charge in [-0.15, -0.1) is 0 Å². The van der Waals surface area contributed by atoms with Crippen molar-refractivity contribution in [1.29, 1.82) is 0 Å². The molecule has 0 bridgehead atoms. The lowest BCUT2D eigenvalue weighted by atomic mass is 9.99. The van der Waals surface area contributed by atoms with E-state index in [1.165, 1.54) is 10.4 Å². The molecule has 2 heterocycles. The molecule has 0 radical (unpaired) electrons. The monoisotopic (exact) mass is 398 g/mol. The first-order valence-corrected chi connectivity index (χ1v) is 11.3. The molecular weight excluding hydrogens is 372 g/mol. The molecule has 2 aromatic rings. The number of amides is 1. The molecular formula is C22H26N2O3S. The average molecular weight is 399 g/mol. The zero-order chi connectivity index (χ0) is 19.9. The predicted molar refractivity (Wildman–Crippen MR) is 110 cm³/mol. The van der Waals surface area contributed by atoms with Crippen LogP contribution in [0.15, 0.2) is 53.4 Å². The number of anilines is 1. The van der Waals surface area contributed by atoms with Crippen LogP contribution in [0.4, 0.5) is 5.69 Å². The lowest BCUT2D eigenvalue weighted by Gasteiger charge is -2.31. The van der Waals surface area contributed by atoms with Gasteiger partial charge in [-0.25, -0.2) is 8.42 Å². The van der Waals surface area contributed by atoms with Crippen LogP contribution in [0.3, 0.4) is 0 Å². The van der Waals surface area contributed by atoms with Crippen molar-refractivity contribution in [3.63, 3.8) is 0 Å². The number of fused-ring (bicyclic) bond motifs is 1. The van der Waals surface area contributed by atoms with Crippen LogP contribution in [0.25, 0.3) is 0 Å². The number of piperidine rings is 1. The molecule has 0 aromatic heterocycles. The number of nitrogens with zero attached hydrogens (tertiary/aromatic N) is 2. The van der Waals surface area contributed by atoms with Crippen LogP contribution >= 0.6 is 0 Å². The molecule has 0 aliphatic carbocycles. The second-order valence-corrected chi connectivity index (χ2v) is 9.82. The first-order valence-electron chi connectivity index (χ1n) is 9.89. The third kappa shape index (κ3) is 3.30. The molecule has 6 heteroatoms. The van der Waals surface area contributed by atoms with E-state index in [1.54, 1.807) is 18.2 Å². The second-order valence-electron chi connectivity index (χ2n) is 8.01. The first kappa shape index (κ1) is 19.0. The Balaban J connectivity index is 1.66. The fraction of sp³-hybridized carbons (Fsp3) is 0.409. The molecule has 1 fully saturated rings. The third-order valence-electron chi connectivity index (χ3n) is 5.73. The van der Waals surface area contributed by atoms with E-state index in [0.29, 0.717) is 17.9 Å². The van der Waals surface area contributed by atoms with Gasteiger partial charge in [0.25, 0.3) is 15.9 Å². The lowest BCUT2D eigenvalue weighted by molar-refractivity contribution is 0.0683. The molecule has 0 saturated carbocycles. The summed E-state index contributed by atoms with van der Waals surface area (Å²) in [6.07, 6.45) is 2.82. The van der Waals surface area contributed by atoms with E-state index in [9.17, 15) is 13.2 Å². The minimum absolute atomic E-state index is 0.0847. The topological polar surface area (TPSA) is 57.7 Å². The van der Waals surface area contributed by atoms with Gasteiger partial charge in [0.05, 0.1) is 10.6 Å². The first-order chi connectivity index (χ1) is 13.4. The molecule has 5 nitrogen and oxygen atoms in total. The van der Waals surface area contributed by atoms with Gasteiger partial charge in [-0.05, 0) is 61.9 Å². The van der Waals surface area contributed by atoms with Crippen molar-refractivity contribution in [2.45, 2.75) is 44.0 Å². The lowest BCUT2D eigenvalue weighted by Crippen LogP contribution is -2.39. The summed E-state index contributed by atoms with van der Waals surface area (Å²) in [7, 11) is -3.74. The maximum atomic E-state index is 13.4. The molecule has 2 aliphatic heterocycles. The van der Waals surface area contributed by atoms with Crippen molar-refractivity contribution in [1.82, 2.24) is 4.90 Å². The van der Waals surface area contributed by atoms with Crippen molar-refractivity contribution in [2.75, 3.05) is 17.4 Å². The van der Waals surface area contributed by atoms with Crippen LogP contribution in [0.2, 0.25) is 0 Å². The van der Waals surface area contributed by atoms with Crippen LogP contribution in [-0.4, -0.2) is 38.4 Å². The summed E-state index contributed by atoms with van der Waals surface area (Å²) in [5.41, 5.74) is 2.21. The maximum Gasteiger partial charge on any atom is 0.264 e. The Bertz CT molecular complexity index is 1000. The van der Waals surface area contributed by atoms with Gasteiger partial charge < -0.3 is 4.90 Å². The number of sulfonamides is 1. The number of hydrogen-bond donors (Lipinski definition) is 0. The second kappa shape index (κ2) is 7.24. The van der Waals surface area contributed by atoms with Gasteiger partial charge in [0.2, 0.25) is 0 Å². The molecule has 148 valence electrons. The maximum absolute atomic E-state index is 13.4. The average Bonchev–Trinajstić information content (AvgIpc) is 3.04. The molecule has 2 aromatic carbocycles. The van der Waals surface area contributed by atoms with Crippen molar-refractivity contribution >= 4 is 21.6 Å². The highest BCUT2D eigenvalue weighted by Crippen LogP contribution is 2.36. The number of benzene rings is 2. The van der Waals surface area contributed by atoms with Crippen molar-refractivity contribution in [3.05, 3.63) is 59.7 Å². The summed E-state index contributed by atoms with van der Waals surface area (Å²) in [6, 6.07) is 14.0. The minimum atomic E-state index is -3.74. The van der Waals surface area contributed by atoms with E-state index >= 15 is 0 Å². The Kier molecular flexibility index (Phi) is 4.91. The van der Waals surface area contributed by atoms with Gasteiger partial charge in [0.1, 0.15) is 0 Å². The van der Waals surface area contributed by atoms with Crippen LogP contribution in [0.1, 0.15) is 42.6 Å². The third-order valence-corrected chi connectivity index (χ3v) is 7.65. The summed E-state index contributed by atoms with van der Waals surface area (Å²) >= 11 is 0. The molecule has 1 saturated heterocycles. The highest BCUT2D eigenvalue weighted by molar-refractivity contribution is 7.92. The van der Waals surface area contributed by atoms with Crippen LogP contribution in [-0.2, 0) is 16.4 Å². The van der Waals surface area contributed by atoms with Crippen molar-refractivity contribution < 1.29 is 13.2 Å². The van der Waals surface area contributed by atoms with E-state index in [1.807, 2.05) is 36.1 Å². The van der Waals surface area contributed by atoms with E-state index in [-0.39, 0.29) is 16.8 Å². The van der Waals surface area contributed by atoms with Crippen LogP contribution < -0.4 is 4.31 Å². The Morgan fingerprint density at radius 1 is 1.07 bits per heavy atom. The normalized spacial score (nSPS) is 22.2. The van der Waals surface area contributed by atoms with Gasteiger partial charge in [-0.1, -0.05) is 31.2 Å². The van der Waals surface area contributed by atoms with E-state index < -0.39 is 10.0 Å². The number of carbonyl (C=O) groups is 1. The molecule has 2 atom stereocenters. The predicted octanol–water partition coefficient (Wildman–Crippen LogP) is 3.70. The smallest absolute Gasteiger partial charge is 0.264 e. The van der Waals surface area contributed by atoms with Gasteiger partial charge >= 0.3 is 0 Å². The molecule has 0 spiro atoms. The zero-order valence-corrected chi connectivity index (χ0v) is 17.2. The number of carbonyl (C=O) groups excluding carboxylic acids is 1. The molecule has 2 unspecified atom stereocenters. The molecule has 0 N–H and O–H groups in total. The van der Waals surface area contributed by atoms with Crippen LogP contribution in [0, 0.1) is 5.92 Å². The summed E-state index contributed by atoms with van der Waals surface area (Å²) in [5, 5.41) is 0. The van der Waals surface area contributed by atoms with E-state index in [4.69, 9.17) is 0 Å². The Labute approximate surface area is 167 Å². The van der Waals surface area contributed by atoms with Gasteiger partial charge in [0, 0.05) is 24.7 Å². The molecule has 4 rings (SSSR count). The number of rotatable bonds is 3. The molecule has 2 aliphatic rings. The van der Waals surface area contributed by atoms with Gasteiger partial charge in [-0.3, -0.25) is 9.10 Å². The fourth-order valence-electron chi connectivity index (χ4n) is 4.36. The van der Waals surface area contributed by atoms with Crippen molar-refractivity contribution in [3.8, 4) is 0 Å². The van der Waals surface area contributed by atoms with Crippen molar-refractivity contribution in [2.24, 2.45) is 5.92 Å². The fourth-order valence-corrected chi connectivity index (χ4v) is 6.10. The summed E-state index contributed by atoms with van der Waals surface area (Å²) in [4.78, 5) is 14.9. The Morgan fingerprint density at radius 3 is 2.64 bits per heavy atom. The zero-order valence-electron chi connectivity index (χ0n) is 16.3. The number of likely N-dealkylation sites (tertiary alicyclic amines) is 1. The minimum Gasteiger partial charge on any atom is -0.338 e.